The van der Waals surface area contributed by atoms with E-state index in [1.165, 1.54) is 11.3 Å². The van der Waals surface area contributed by atoms with E-state index in [0.29, 0.717) is 36.2 Å². The number of thiazole rings is 1. The maximum Gasteiger partial charge on any atom is 0.228 e. The van der Waals surface area contributed by atoms with E-state index in [0.717, 1.165) is 62.0 Å². The molecule has 32 heavy (non-hydrogen) atoms. The van der Waals surface area contributed by atoms with Crippen molar-refractivity contribution < 1.29 is 14.3 Å². The van der Waals surface area contributed by atoms with Gasteiger partial charge in [-0.1, -0.05) is 11.6 Å². The van der Waals surface area contributed by atoms with Crippen molar-refractivity contribution in [3.63, 3.8) is 0 Å². The van der Waals surface area contributed by atoms with Crippen LogP contribution in [-0.4, -0.2) is 65.6 Å². The minimum absolute atomic E-state index is 0.174. The minimum atomic E-state index is 0.174. The second-order valence-electron chi connectivity index (χ2n) is 8.95. The van der Waals surface area contributed by atoms with Crippen LogP contribution >= 0.6 is 22.9 Å². The summed E-state index contributed by atoms with van der Waals surface area (Å²) < 4.78 is 11.6. The molecular formula is C24H32ClN3O3S. The van der Waals surface area contributed by atoms with Crippen molar-refractivity contribution in [2.45, 2.75) is 51.9 Å². The SMILES string of the molecule is CC1CN(CC2CCN(C(=O)Cc3csc(COc4ccc(Cl)cc4)n3)CC2)CC(C)O1. The fourth-order valence-electron chi connectivity index (χ4n) is 4.60. The monoisotopic (exact) mass is 477 g/mol. The predicted octanol–water partition coefficient (Wildman–Crippen LogP) is 4.27. The van der Waals surface area contributed by atoms with E-state index in [-0.39, 0.29) is 5.91 Å². The van der Waals surface area contributed by atoms with E-state index in [1.54, 1.807) is 12.1 Å². The Labute approximate surface area is 199 Å². The van der Waals surface area contributed by atoms with E-state index >= 15 is 0 Å². The zero-order chi connectivity index (χ0) is 22.5. The van der Waals surface area contributed by atoms with Crippen LogP contribution < -0.4 is 4.74 Å². The van der Waals surface area contributed by atoms with Gasteiger partial charge in [-0.2, -0.15) is 0 Å². The summed E-state index contributed by atoms with van der Waals surface area (Å²) in [5.74, 6) is 1.59. The van der Waals surface area contributed by atoms with Gasteiger partial charge in [-0.25, -0.2) is 4.98 Å². The molecule has 2 aliphatic rings. The normalized spacial score (nSPS) is 22.8. The number of hydrogen-bond acceptors (Lipinski definition) is 6. The number of halogens is 1. The lowest BCUT2D eigenvalue weighted by molar-refractivity contribution is -0.132. The van der Waals surface area contributed by atoms with Gasteiger partial charge in [0.05, 0.1) is 24.3 Å². The molecule has 4 rings (SSSR count). The van der Waals surface area contributed by atoms with Crippen molar-refractivity contribution in [2.75, 3.05) is 32.7 Å². The average molecular weight is 478 g/mol. The average Bonchev–Trinajstić information content (AvgIpc) is 3.20. The van der Waals surface area contributed by atoms with Gasteiger partial charge in [0.2, 0.25) is 5.91 Å². The largest absolute Gasteiger partial charge is 0.486 e. The maximum atomic E-state index is 12.8. The highest BCUT2D eigenvalue weighted by molar-refractivity contribution is 7.09. The molecule has 2 fully saturated rings. The molecule has 0 aliphatic carbocycles. The number of piperidine rings is 1. The number of aromatic nitrogens is 1. The van der Waals surface area contributed by atoms with E-state index in [1.807, 2.05) is 22.4 Å². The lowest BCUT2D eigenvalue weighted by Crippen LogP contribution is -2.48. The van der Waals surface area contributed by atoms with Crippen LogP contribution in [0.4, 0.5) is 0 Å². The van der Waals surface area contributed by atoms with Gasteiger partial charge in [-0.3, -0.25) is 9.69 Å². The third-order valence-corrected chi connectivity index (χ3v) is 7.21. The van der Waals surface area contributed by atoms with Gasteiger partial charge in [0, 0.05) is 43.1 Å². The topological polar surface area (TPSA) is 54.9 Å². The first-order valence-corrected chi connectivity index (χ1v) is 12.7. The van der Waals surface area contributed by atoms with Gasteiger partial charge >= 0.3 is 0 Å². The quantitative estimate of drug-likeness (QED) is 0.596. The third kappa shape index (κ3) is 6.67. The molecule has 2 unspecified atom stereocenters. The Morgan fingerprint density at radius 3 is 2.56 bits per heavy atom. The van der Waals surface area contributed by atoms with Gasteiger partial charge in [0.1, 0.15) is 17.4 Å². The molecule has 0 spiro atoms. The Balaban J connectivity index is 1.19. The summed E-state index contributed by atoms with van der Waals surface area (Å²) in [6, 6.07) is 7.27. The van der Waals surface area contributed by atoms with Crippen LogP contribution in [0, 0.1) is 5.92 Å². The minimum Gasteiger partial charge on any atom is -0.486 e. The molecular weight excluding hydrogens is 446 g/mol. The van der Waals surface area contributed by atoms with Gasteiger partial charge in [-0.05, 0) is 56.9 Å². The molecule has 6 nitrogen and oxygen atoms in total. The van der Waals surface area contributed by atoms with Crippen molar-refractivity contribution in [2.24, 2.45) is 5.92 Å². The first kappa shape index (κ1) is 23.5. The summed E-state index contributed by atoms with van der Waals surface area (Å²) in [6.45, 7) is 9.52. The van der Waals surface area contributed by atoms with Crippen LogP contribution in [0.5, 0.6) is 5.75 Å². The molecule has 2 aromatic rings. The summed E-state index contributed by atoms with van der Waals surface area (Å²) >= 11 is 7.43. The van der Waals surface area contributed by atoms with E-state index in [2.05, 4.69) is 23.7 Å². The number of nitrogens with zero attached hydrogens (tertiary/aromatic N) is 3. The number of rotatable bonds is 7. The van der Waals surface area contributed by atoms with Crippen molar-refractivity contribution in [1.82, 2.24) is 14.8 Å². The maximum absolute atomic E-state index is 12.8. The zero-order valence-corrected chi connectivity index (χ0v) is 20.4. The fraction of sp³-hybridized carbons (Fsp3) is 0.583. The molecule has 0 N–H and O–H groups in total. The molecule has 0 bridgehead atoms. The van der Waals surface area contributed by atoms with Gasteiger partial charge < -0.3 is 14.4 Å². The molecule has 2 saturated heterocycles. The number of carbonyl (C=O) groups excluding carboxylic acids is 1. The van der Waals surface area contributed by atoms with Crippen molar-refractivity contribution in [3.8, 4) is 5.75 Å². The Morgan fingerprint density at radius 1 is 1.19 bits per heavy atom. The molecule has 3 heterocycles. The number of amides is 1. The molecule has 8 heteroatoms. The van der Waals surface area contributed by atoms with Crippen LogP contribution in [0.3, 0.4) is 0 Å². The van der Waals surface area contributed by atoms with Gasteiger partial charge in [-0.15, -0.1) is 11.3 Å². The third-order valence-electron chi connectivity index (χ3n) is 6.09. The number of morpholine rings is 1. The first-order chi connectivity index (χ1) is 15.4. The van der Waals surface area contributed by atoms with Gasteiger partial charge in [0.15, 0.2) is 0 Å². The van der Waals surface area contributed by atoms with Crippen LogP contribution in [0.15, 0.2) is 29.6 Å². The number of hydrogen-bond donors (Lipinski definition) is 0. The van der Waals surface area contributed by atoms with Crippen molar-refractivity contribution in [3.05, 3.63) is 45.4 Å². The summed E-state index contributed by atoms with van der Waals surface area (Å²) in [5.41, 5.74) is 0.827. The van der Waals surface area contributed by atoms with E-state index in [4.69, 9.17) is 21.1 Å². The molecule has 1 amide bonds. The van der Waals surface area contributed by atoms with E-state index in [9.17, 15) is 4.79 Å². The molecule has 174 valence electrons. The second-order valence-corrected chi connectivity index (χ2v) is 10.3. The van der Waals surface area contributed by atoms with E-state index < -0.39 is 0 Å². The second kappa shape index (κ2) is 11.0. The molecule has 0 saturated carbocycles. The highest BCUT2D eigenvalue weighted by atomic mass is 35.5. The van der Waals surface area contributed by atoms with Crippen LogP contribution in [0.2, 0.25) is 5.02 Å². The van der Waals surface area contributed by atoms with Crippen molar-refractivity contribution in [1.29, 1.82) is 0 Å². The Kier molecular flexibility index (Phi) is 8.05. The molecule has 0 radical (unpaired) electrons. The van der Waals surface area contributed by atoms with Crippen LogP contribution in [-0.2, 0) is 22.6 Å². The Morgan fingerprint density at radius 2 is 1.88 bits per heavy atom. The predicted molar refractivity (Wildman–Crippen MR) is 127 cm³/mol. The standard InChI is InChI=1S/C24H32ClN3O3S/c1-17-12-27(13-18(2)31-17)14-19-7-9-28(10-8-19)24(29)11-21-16-32-23(26-21)15-30-22-5-3-20(25)4-6-22/h3-6,16-19H,7-15H2,1-2H3. The molecule has 1 aromatic carbocycles. The Bertz CT molecular complexity index is 873. The molecule has 1 aromatic heterocycles. The smallest absolute Gasteiger partial charge is 0.228 e. The van der Waals surface area contributed by atoms with Gasteiger partial charge in [0.25, 0.3) is 0 Å². The van der Waals surface area contributed by atoms with Crippen LogP contribution in [0.25, 0.3) is 0 Å². The fourth-order valence-corrected chi connectivity index (χ4v) is 5.43. The molecule has 2 aliphatic heterocycles. The number of benzene rings is 1. The highest BCUT2D eigenvalue weighted by Crippen LogP contribution is 2.22. The summed E-state index contributed by atoms with van der Waals surface area (Å²) in [5, 5.41) is 3.52. The summed E-state index contributed by atoms with van der Waals surface area (Å²) in [7, 11) is 0. The molecule has 2 atom stereocenters. The summed E-state index contributed by atoms with van der Waals surface area (Å²) in [6.07, 6.45) is 3.12. The number of likely N-dealkylation sites (tertiary alicyclic amines) is 1. The number of ether oxygens (including phenoxy) is 2. The Hall–Kier alpha value is -1.67. The highest BCUT2D eigenvalue weighted by Gasteiger charge is 2.28. The van der Waals surface area contributed by atoms with Crippen LogP contribution in [0.1, 0.15) is 37.4 Å². The lowest BCUT2D eigenvalue weighted by atomic mass is 9.95. The summed E-state index contributed by atoms with van der Waals surface area (Å²) in [4.78, 5) is 21.9. The zero-order valence-electron chi connectivity index (χ0n) is 18.8. The van der Waals surface area contributed by atoms with Crippen molar-refractivity contribution >= 4 is 28.8 Å². The number of carbonyl (C=O) groups is 1. The first-order valence-electron chi connectivity index (χ1n) is 11.4. The lowest BCUT2D eigenvalue weighted by Gasteiger charge is -2.39.